The Bertz CT molecular complexity index is 444. The van der Waals surface area contributed by atoms with E-state index in [2.05, 4.69) is 10.2 Å². The van der Waals surface area contributed by atoms with Crippen molar-refractivity contribution in [2.24, 2.45) is 5.41 Å². The molecule has 98 valence electrons. The minimum absolute atomic E-state index is 0.0599. The Morgan fingerprint density at radius 1 is 1.33 bits per heavy atom. The number of hydrogen-bond donors (Lipinski definition) is 1. The van der Waals surface area contributed by atoms with Crippen molar-refractivity contribution in [3.05, 3.63) is 23.7 Å². The number of furan rings is 1. The Morgan fingerprint density at radius 3 is 2.67 bits per heavy atom. The van der Waals surface area contributed by atoms with E-state index in [1.807, 2.05) is 19.1 Å². The molecule has 0 atom stereocenters. The summed E-state index contributed by atoms with van der Waals surface area (Å²) in [6, 6.07) is 4.05. The molecule has 0 aromatic carbocycles. The maximum atomic E-state index is 11.9. The summed E-state index contributed by atoms with van der Waals surface area (Å²) in [5.41, 5.74) is -0.0599. The molecular formula is C14H20N2O2. The summed E-state index contributed by atoms with van der Waals surface area (Å²) in [6.07, 6.45) is 2.98. The fourth-order valence-corrected chi connectivity index (χ4v) is 3.12. The van der Waals surface area contributed by atoms with Crippen molar-refractivity contribution in [3.8, 4) is 0 Å². The van der Waals surface area contributed by atoms with Gasteiger partial charge in [-0.1, -0.05) is 0 Å². The van der Waals surface area contributed by atoms with Crippen LogP contribution >= 0.6 is 0 Å². The zero-order valence-corrected chi connectivity index (χ0v) is 10.9. The molecule has 0 saturated carbocycles. The maximum Gasteiger partial charge on any atom is 0.226 e. The molecule has 2 aliphatic rings. The van der Waals surface area contributed by atoms with Gasteiger partial charge in [-0.05, 0) is 51.4 Å². The van der Waals surface area contributed by atoms with E-state index in [1.165, 1.54) is 0 Å². The second-order valence-electron chi connectivity index (χ2n) is 5.57. The van der Waals surface area contributed by atoms with Crippen LogP contribution in [0.3, 0.4) is 0 Å². The van der Waals surface area contributed by atoms with E-state index < -0.39 is 0 Å². The van der Waals surface area contributed by atoms with Crippen LogP contribution in [0.2, 0.25) is 0 Å². The summed E-state index contributed by atoms with van der Waals surface area (Å²) in [5.74, 6) is 2.27. The average Bonchev–Trinajstić information content (AvgIpc) is 2.91. The average molecular weight is 248 g/mol. The summed E-state index contributed by atoms with van der Waals surface area (Å²) in [7, 11) is 0. The Morgan fingerprint density at radius 2 is 2.11 bits per heavy atom. The van der Waals surface area contributed by atoms with Gasteiger partial charge in [0.15, 0.2) is 0 Å². The molecule has 2 saturated heterocycles. The molecule has 4 heteroatoms. The van der Waals surface area contributed by atoms with Gasteiger partial charge in [-0.25, -0.2) is 0 Å². The molecule has 0 bridgehead atoms. The molecule has 18 heavy (non-hydrogen) atoms. The van der Waals surface area contributed by atoms with Gasteiger partial charge >= 0.3 is 0 Å². The predicted molar refractivity (Wildman–Crippen MR) is 68.0 cm³/mol. The predicted octanol–water partition coefficient (Wildman–Crippen LogP) is 1.69. The lowest BCUT2D eigenvalue weighted by Crippen LogP contribution is -2.43. The van der Waals surface area contributed by atoms with Crippen LogP contribution < -0.4 is 5.32 Å². The first kappa shape index (κ1) is 11.8. The molecule has 0 radical (unpaired) electrons. The SMILES string of the molecule is Cc1ccc(CN2CCC3(CCNC3=O)CC2)o1. The van der Waals surface area contributed by atoms with Gasteiger partial charge in [-0.15, -0.1) is 0 Å². The number of amides is 1. The number of piperidine rings is 1. The number of carbonyl (C=O) groups excluding carboxylic acids is 1. The summed E-state index contributed by atoms with van der Waals surface area (Å²) >= 11 is 0. The molecule has 1 amide bonds. The normalized spacial score (nSPS) is 23.5. The molecule has 1 spiro atoms. The lowest BCUT2D eigenvalue weighted by Gasteiger charge is -2.36. The molecule has 3 heterocycles. The highest BCUT2D eigenvalue weighted by atomic mass is 16.3. The quantitative estimate of drug-likeness (QED) is 0.866. The molecule has 0 aliphatic carbocycles. The molecule has 1 N–H and O–H groups in total. The topological polar surface area (TPSA) is 45.5 Å². The van der Waals surface area contributed by atoms with Crippen LogP contribution in [0.25, 0.3) is 0 Å². The fraction of sp³-hybridized carbons (Fsp3) is 0.643. The van der Waals surface area contributed by atoms with Crippen molar-refractivity contribution in [1.82, 2.24) is 10.2 Å². The van der Waals surface area contributed by atoms with Gasteiger partial charge < -0.3 is 9.73 Å². The number of hydrogen-bond acceptors (Lipinski definition) is 3. The van der Waals surface area contributed by atoms with Crippen LogP contribution in [0.5, 0.6) is 0 Å². The van der Waals surface area contributed by atoms with Crippen LogP contribution in [-0.4, -0.2) is 30.4 Å². The molecule has 0 unspecified atom stereocenters. The lowest BCUT2D eigenvalue weighted by molar-refractivity contribution is -0.130. The largest absolute Gasteiger partial charge is 0.465 e. The van der Waals surface area contributed by atoms with Crippen molar-refractivity contribution in [2.45, 2.75) is 32.7 Å². The zero-order chi connectivity index (χ0) is 12.6. The third kappa shape index (κ3) is 2.05. The fourth-order valence-electron chi connectivity index (χ4n) is 3.12. The minimum Gasteiger partial charge on any atom is -0.465 e. The zero-order valence-electron chi connectivity index (χ0n) is 10.9. The summed E-state index contributed by atoms with van der Waals surface area (Å²) < 4.78 is 5.60. The number of likely N-dealkylation sites (tertiary alicyclic amines) is 1. The summed E-state index contributed by atoms with van der Waals surface area (Å²) in [5, 5.41) is 2.97. The van der Waals surface area contributed by atoms with Crippen LogP contribution in [0, 0.1) is 12.3 Å². The third-order valence-electron chi connectivity index (χ3n) is 4.36. The second kappa shape index (κ2) is 4.43. The third-order valence-corrected chi connectivity index (χ3v) is 4.36. The highest BCUT2D eigenvalue weighted by Crippen LogP contribution is 2.38. The van der Waals surface area contributed by atoms with E-state index in [-0.39, 0.29) is 11.3 Å². The van der Waals surface area contributed by atoms with Crippen molar-refractivity contribution in [3.63, 3.8) is 0 Å². The highest BCUT2D eigenvalue weighted by Gasteiger charge is 2.44. The van der Waals surface area contributed by atoms with E-state index in [4.69, 9.17) is 4.42 Å². The van der Waals surface area contributed by atoms with Gasteiger partial charge in [0.05, 0.1) is 12.0 Å². The highest BCUT2D eigenvalue weighted by molar-refractivity contribution is 5.84. The monoisotopic (exact) mass is 248 g/mol. The first-order valence-electron chi connectivity index (χ1n) is 6.74. The Kier molecular flexibility index (Phi) is 2.90. The van der Waals surface area contributed by atoms with Crippen LogP contribution in [0.15, 0.2) is 16.5 Å². The van der Waals surface area contributed by atoms with Gasteiger partial charge in [0.1, 0.15) is 11.5 Å². The first-order chi connectivity index (χ1) is 8.68. The summed E-state index contributed by atoms with van der Waals surface area (Å²) in [6.45, 7) is 5.68. The number of aryl methyl sites for hydroxylation is 1. The van der Waals surface area contributed by atoms with Crippen molar-refractivity contribution in [2.75, 3.05) is 19.6 Å². The van der Waals surface area contributed by atoms with Gasteiger partial charge in [0.25, 0.3) is 0 Å². The molecule has 2 aliphatic heterocycles. The van der Waals surface area contributed by atoms with Gasteiger partial charge in [-0.3, -0.25) is 9.69 Å². The molecule has 1 aromatic heterocycles. The van der Waals surface area contributed by atoms with Crippen LogP contribution in [0.1, 0.15) is 30.8 Å². The Labute approximate surface area is 107 Å². The van der Waals surface area contributed by atoms with Gasteiger partial charge in [-0.2, -0.15) is 0 Å². The van der Waals surface area contributed by atoms with Crippen LogP contribution in [0.4, 0.5) is 0 Å². The lowest BCUT2D eigenvalue weighted by atomic mass is 9.77. The van der Waals surface area contributed by atoms with Crippen molar-refractivity contribution >= 4 is 5.91 Å². The second-order valence-corrected chi connectivity index (χ2v) is 5.57. The van der Waals surface area contributed by atoms with Crippen molar-refractivity contribution < 1.29 is 9.21 Å². The molecule has 4 nitrogen and oxygen atoms in total. The number of nitrogens with zero attached hydrogens (tertiary/aromatic N) is 1. The smallest absolute Gasteiger partial charge is 0.226 e. The maximum absolute atomic E-state index is 11.9. The van der Waals surface area contributed by atoms with E-state index in [0.717, 1.165) is 57.0 Å². The van der Waals surface area contributed by atoms with Crippen LogP contribution in [-0.2, 0) is 11.3 Å². The van der Waals surface area contributed by atoms with E-state index in [9.17, 15) is 4.79 Å². The van der Waals surface area contributed by atoms with E-state index >= 15 is 0 Å². The number of nitrogens with one attached hydrogen (secondary N) is 1. The standard InChI is InChI=1S/C14H20N2O2/c1-11-2-3-12(18-11)10-16-8-5-14(6-9-16)4-7-15-13(14)17/h2-3H,4-10H2,1H3,(H,15,17). The molecular weight excluding hydrogens is 228 g/mol. The molecule has 3 rings (SSSR count). The number of carbonyl (C=O) groups is 1. The molecule has 1 aromatic rings. The van der Waals surface area contributed by atoms with E-state index in [1.54, 1.807) is 0 Å². The minimum atomic E-state index is -0.0599. The van der Waals surface area contributed by atoms with Crippen molar-refractivity contribution in [1.29, 1.82) is 0 Å². The van der Waals surface area contributed by atoms with Gasteiger partial charge in [0.2, 0.25) is 5.91 Å². The summed E-state index contributed by atoms with van der Waals surface area (Å²) in [4.78, 5) is 14.3. The first-order valence-corrected chi connectivity index (χ1v) is 6.74. The Hall–Kier alpha value is -1.29. The van der Waals surface area contributed by atoms with E-state index in [0.29, 0.717) is 0 Å². The van der Waals surface area contributed by atoms with Gasteiger partial charge in [0, 0.05) is 6.54 Å². The number of rotatable bonds is 2. The Balaban J connectivity index is 1.58. The molecule has 2 fully saturated rings.